The van der Waals surface area contributed by atoms with Gasteiger partial charge in [-0.3, -0.25) is 0 Å². The number of phenols is 3. The summed E-state index contributed by atoms with van der Waals surface area (Å²) in [7, 11) is 2.05. The molecule has 0 radical (unpaired) electrons. The fourth-order valence-corrected chi connectivity index (χ4v) is 3.25. The number of phenolic OH excluding ortho intramolecular Hbond substituents is 3. The standard InChI is InChI=1S/C18H21NO3/c1-11-4-3-5-12(8-11)15-10-19(2)7-6-13-14(15)9-16(20)18(22)17(13)21/h3-5,8-9,15,20-22H,6-7,10H2,1-2H3. The maximum Gasteiger partial charge on any atom is 0.200 e. The van der Waals surface area contributed by atoms with Crippen LogP contribution in [0.25, 0.3) is 0 Å². The number of hydrogen-bond donors (Lipinski definition) is 3. The summed E-state index contributed by atoms with van der Waals surface area (Å²) in [5.74, 6) is -0.826. The van der Waals surface area contributed by atoms with Crippen LogP contribution in [0.3, 0.4) is 0 Å². The molecule has 0 saturated carbocycles. The van der Waals surface area contributed by atoms with E-state index in [-0.39, 0.29) is 17.4 Å². The number of aromatic hydroxyl groups is 3. The quantitative estimate of drug-likeness (QED) is 0.709. The van der Waals surface area contributed by atoms with Crippen LogP contribution in [-0.2, 0) is 6.42 Å². The molecule has 0 aliphatic carbocycles. The van der Waals surface area contributed by atoms with Crippen LogP contribution < -0.4 is 0 Å². The van der Waals surface area contributed by atoms with E-state index in [1.807, 2.05) is 13.1 Å². The Kier molecular flexibility index (Phi) is 3.71. The molecule has 0 saturated heterocycles. The van der Waals surface area contributed by atoms with Gasteiger partial charge in [-0.15, -0.1) is 0 Å². The Labute approximate surface area is 130 Å². The molecule has 116 valence electrons. The minimum Gasteiger partial charge on any atom is -0.504 e. The van der Waals surface area contributed by atoms with E-state index >= 15 is 0 Å². The third kappa shape index (κ3) is 2.50. The van der Waals surface area contributed by atoms with Crippen molar-refractivity contribution in [1.29, 1.82) is 0 Å². The van der Waals surface area contributed by atoms with E-state index in [9.17, 15) is 15.3 Å². The number of aryl methyl sites for hydroxylation is 1. The molecule has 0 bridgehead atoms. The van der Waals surface area contributed by atoms with Gasteiger partial charge in [0.25, 0.3) is 0 Å². The highest BCUT2D eigenvalue weighted by Crippen LogP contribution is 2.44. The average molecular weight is 299 g/mol. The van der Waals surface area contributed by atoms with Crippen LogP contribution in [0.1, 0.15) is 28.2 Å². The third-order valence-electron chi connectivity index (χ3n) is 4.45. The van der Waals surface area contributed by atoms with E-state index in [0.717, 1.165) is 29.8 Å². The monoisotopic (exact) mass is 299 g/mol. The van der Waals surface area contributed by atoms with Gasteiger partial charge in [0.15, 0.2) is 11.5 Å². The fraction of sp³-hybridized carbons (Fsp3) is 0.333. The van der Waals surface area contributed by atoms with Crippen LogP contribution >= 0.6 is 0 Å². The smallest absolute Gasteiger partial charge is 0.200 e. The van der Waals surface area contributed by atoms with Crippen molar-refractivity contribution in [1.82, 2.24) is 4.90 Å². The minimum absolute atomic E-state index is 0.0554. The molecule has 4 nitrogen and oxygen atoms in total. The predicted molar refractivity (Wildman–Crippen MR) is 85.7 cm³/mol. The molecule has 1 aliphatic heterocycles. The van der Waals surface area contributed by atoms with Crippen molar-refractivity contribution in [3.05, 3.63) is 52.6 Å². The normalized spacial score (nSPS) is 18.7. The van der Waals surface area contributed by atoms with Crippen molar-refractivity contribution >= 4 is 0 Å². The van der Waals surface area contributed by atoms with Crippen LogP contribution in [0, 0.1) is 6.92 Å². The Hall–Kier alpha value is -2.20. The second kappa shape index (κ2) is 5.54. The molecule has 1 heterocycles. The van der Waals surface area contributed by atoms with Gasteiger partial charge in [0.1, 0.15) is 0 Å². The van der Waals surface area contributed by atoms with Gasteiger partial charge in [-0.2, -0.15) is 0 Å². The summed E-state index contributed by atoms with van der Waals surface area (Å²) in [6.07, 6.45) is 0.647. The zero-order valence-electron chi connectivity index (χ0n) is 12.9. The molecule has 3 N–H and O–H groups in total. The van der Waals surface area contributed by atoms with Gasteiger partial charge < -0.3 is 20.2 Å². The molecule has 0 aromatic heterocycles. The predicted octanol–water partition coefficient (Wildman–Crippen LogP) is 2.73. The number of likely N-dealkylation sites (N-methyl/N-ethyl adjacent to an activating group) is 1. The Balaban J connectivity index is 2.19. The Morgan fingerprint density at radius 1 is 1.09 bits per heavy atom. The van der Waals surface area contributed by atoms with Crippen molar-refractivity contribution in [2.75, 3.05) is 20.1 Å². The van der Waals surface area contributed by atoms with Crippen molar-refractivity contribution < 1.29 is 15.3 Å². The van der Waals surface area contributed by atoms with Gasteiger partial charge in [0, 0.05) is 24.6 Å². The van der Waals surface area contributed by atoms with Gasteiger partial charge in [0.05, 0.1) is 0 Å². The first-order valence-corrected chi connectivity index (χ1v) is 7.49. The van der Waals surface area contributed by atoms with E-state index in [1.165, 1.54) is 5.56 Å². The lowest BCUT2D eigenvalue weighted by atomic mass is 9.86. The van der Waals surface area contributed by atoms with E-state index in [2.05, 4.69) is 30.0 Å². The van der Waals surface area contributed by atoms with Crippen molar-refractivity contribution in [2.24, 2.45) is 0 Å². The molecule has 1 aliphatic rings. The lowest BCUT2D eigenvalue weighted by molar-refractivity contribution is 0.337. The topological polar surface area (TPSA) is 63.9 Å². The van der Waals surface area contributed by atoms with Crippen molar-refractivity contribution in [3.63, 3.8) is 0 Å². The summed E-state index contributed by atoms with van der Waals surface area (Å²) in [6, 6.07) is 9.87. The molecule has 1 unspecified atom stereocenters. The maximum absolute atomic E-state index is 10.2. The van der Waals surface area contributed by atoms with Gasteiger partial charge in [0.2, 0.25) is 5.75 Å². The van der Waals surface area contributed by atoms with Gasteiger partial charge in [-0.1, -0.05) is 29.8 Å². The van der Waals surface area contributed by atoms with E-state index in [0.29, 0.717) is 6.42 Å². The molecule has 0 fully saturated rings. The van der Waals surface area contributed by atoms with Crippen LogP contribution in [0.4, 0.5) is 0 Å². The van der Waals surface area contributed by atoms with Crippen LogP contribution in [0.5, 0.6) is 17.2 Å². The molecule has 4 heteroatoms. The summed E-state index contributed by atoms with van der Waals surface area (Å²) in [5.41, 5.74) is 3.95. The Morgan fingerprint density at radius 3 is 2.59 bits per heavy atom. The summed E-state index contributed by atoms with van der Waals surface area (Å²) in [4.78, 5) is 2.21. The average Bonchev–Trinajstić information content (AvgIpc) is 2.65. The second-order valence-electron chi connectivity index (χ2n) is 6.14. The number of rotatable bonds is 1. The Morgan fingerprint density at radius 2 is 1.86 bits per heavy atom. The first kappa shape index (κ1) is 14.7. The molecule has 2 aromatic carbocycles. The van der Waals surface area contributed by atoms with Crippen molar-refractivity contribution in [2.45, 2.75) is 19.3 Å². The SMILES string of the molecule is Cc1cccc(C2CN(C)CCc3c2cc(O)c(O)c3O)c1. The molecule has 1 atom stereocenters. The minimum atomic E-state index is -0.425. The highest BCUT2D eigenvalue weighted by atomic mass is 16.3. The molecular formula is C18H21NO3. The van der Waals surface area contributed by atoms with Gasteiger partial charge >= 0.3 is 0 Å². The number of nitrogens with zero attached hydrogens (tertiary/aromatic N) is 1. The zero-order valence-corrected chi connectivity index (χ0v) is 12.9. The highest BCUT2D eigenvalue weighted by molar-refractivity contribution is 5.59. The highest BCUT2D eigenvalue weighted by Gasteiger charge is 2.27. The van der Waals surface area contributed by atoms with E-state index in [4.69, 9.17) is 0 Å². The zero-order chi connectivity index (χ0) is 15.9. The molecule has 0 amide bonds. The molecule has 2 aromatic rings. The Bertz CT molecular complexity index is 712. The summed E-state index contributed by atoms with van der Waals surface area (Å²) in [6.45, 7) is 3.66. The van der Waals surface area contributed by atoms with Gasteiger partial charge in [-0.05, 0) is 37.6 Å². The van der Waals surface area contributed by atoms with Crippen LogP contribution in [-0.4, -0.2) is 40.4 Å². The van der Waals surface area contributed by atoms with E-state index in [1.54, 1.807) is 6.07 Å². The number of hydrogen-bond acceptors (Lipinski definition) is 4. The summed E-state index contributed by atoms with van der Waals surface area (Å²) in [5, 5.41) is 29.9. The second-order valence-corrected chi connectivity index (χ2v) is 6.14. The van der Waals surface area contributed by atoms with E-state index < -0.39 is 5.75 Å². The maximum atomic E-state index is 10.2. The first-order chi connectivity index (χ1) is 10.5. The first-order valence-electron chi connectivity index (χ1n) is 7.49. The third-order valence-corrected chi connectivity index (χ3v) is 4.45. The summed E-state index contributed by atoms with van der Waals surface area (Å²) < 4.78 is 0. The van der Waals surface area contributed by atoms with Gasteiger partial charge in [-0.25, -0.2) is 0 Å². The molecular weight excluding hydrogens is 278 g/mol. The summed E-state index contributed by atoms with van der Waals surface area (Å²) >= 11 is 0. The number of fused-ring (bicyclic) bond motifs is 1. The lowest BCUT2D eigenvalue weighted by Gasteiger charge is -2.23. The molecule has 0 spiro atoms. The lowest BCUT2D eigenvalue weighted by Crippen LogP contribution is -2.24. The molecule has 22 heavy (non-hydrogen) atoms. The fourth-order valence-electron chi connectivity index (χ4n) is 3.25. The largest absolute Gasteiger partial charge is 0.504 e. The van der Waals surface area contributed by atoms with Crippen molar-refractivity contribution in [3.8, 4) is 17.2 Å². The van der Waals surface area contributed by atoms with Crippen LogP contribution in [0.2, 0.25) is 0 Å². The number of benzene rings is 2. The van der Waals surface area contributed by atoms with Crippen LogP contribution in [0.15, 0.2) is 30.3 Å². The molecule has 3 rings (SSSR count).